The van der Waals surface area contributed by atoms with Crippen molar-refractivity contribution >= 4 is 21.7 Å². The normalized spacial score (nSPS) is 14.9. The number of anilines is 2. The van der Waals surface area contributed by atoms with Crippen molar-refractivity contribution in [1.82, 2.24) is 43.7 Å². The van der Waals surface area contributed by atoms with Gasteiger partial charge in [-0.15, -0.1) is 0 Å². The molecule has 2 fully saturated rings. The Kier molecular flexibility index (Phi) is 6.50. The van der Waals surface area contributed by atoms with Crippen molar-refractivity contribution in [3.05, 3.63) is 72.8 Å². The van der Waals surface area contributed by atoms with Crippen LogP contribution in [0, 0.1) is 11.8 Å². The van der Waals surface area contributed by atoms with Crippen molar-refractivity contribution in [2.45, 2.75) is 43.5 Å². The minimum absolute atomic E-state index is 0.182. The van der Waals surface area contributed by atoms with Crippen LogP contribution in [0.3, 0.4) is 0 Å². The number of pyridine rings is 1. The molecule has 0 aliphatic heterocycles. The van der Waals surface area contributed by atoms with E-state index >= 15 is 0 Å². The molecule has 2 aliphatic rings. The molecule has 0 unspecified atom stereocenters. The molecule has 5 aromatic rings. The maximum atomic E-state index is 12.7. The smallest absolute Gasteiger partial charge is 0.256 e. The summed E-state index contributed by atoms with van der Waals surface area (Å²) in [5.74, 6) is 7.61. The van der Waals surface area contributed by atoms with Gasteiger partial charge in [-0.05, 0) is 37.8 Å². The van der Waals surface area contributed by atoms with Gasteiger partial charge >= 0.3 is 0 Å². The molecule has 7 rings (SSSR count). The molecule has 42 heavy (non-hydrogen) atoms. The second-order valence-electron chi connectivity index (χ2n) is 10.2. The average Bonchev–Trinajstić information content (AvgIpc) is 3.88. The topological polar surface area (TPSA) is 138 Å². The Bertz CT molecular complexity index is 1940. The standard InChI is InChI=1S/C28H25FN10O2S/c29-8-10-37-16-19(12-32-37)1-2-20-13-31-27(11-25(20)21-14-33-38(17-21)23-3-4-23)35-26-7-9-30-28(36-26)22-15-34-39(18-22)42(40,41)24-5-6-24/h7,9,11-18,23-24H,3-6,8,10H2,(H,30,31,35,36). The van der Waals surface area contributed by atoms with Crippen molar-refractivity contribution in [3.63, 3.8) is 0 Å². The summed E-state index contributed by atoms with van der Waals surface area (Å²) in [6, 6.07) is 4.01. The Hall–Kier alpha value is -4.90. The first kappa shape index (κ1) is 26.0. The summed E-state index contributed by atoms with van der Waals surface area (Å²) in [5.41, 5.74) is 3.60. The zero-order valence-electron chi connectivity index (χ0n) is 22.3. The van der Waals surface area contributed by atoms with Gasteiger partial charge in [0.2, 0.25) is 0 Å². The van der Waals surface area contributed by atoms with E-state index in [0.717, 1.165) is 28.1 Å². The Morgan fingerprint density at radius 3 is 2.60 bits per heavy atom. The molecule has 0 aromatic carbocycles. The van der Waals surface area contributed by atoms with E-state index in [1.807, 2.05) is 23.1 Å². The number of nitrogens with one attached hydrogen (secondary N) is 1. The molecule has 2 aliphatic carbocycles. The highest BCUT2D eigenvalue weighted by atomic mass is 32.2. The molecule has 0 saturated heterocycles. The minimum atomic E-state index is -3.48. The lowest BCUT2D eigenvalue weighted by atomic mass is 10.0. The first-order valence-corrected chi connectivity index (χ1v) is 15.0. The third-order valence-electron chi connectivity index (χ3n) is 6.96. The van der Waals surface area contributed by atoms with Gasteiger partial charge in [0.05, 0.1) is 59.3 Å². The minimum Gasteiger partial charge on any atom is -0.325 e. The van der Waals surface area contributed by atoms with Crippen molar-refractivity contribution in [1.29, 1.82) is 0 Å². The van der Waals surface area contributed by atoms with Crippen molar-refractivity contribution in [3.8, 4) is 34.4 Å². The lowest BCUT2D eigenvalue weighted by Crippen LogP contribution is -2.17. The molecule has 5 heterocycles. The van der Waals surface area contributed by atoms with Crippen LogP contribution in [0.25, 0.3) is 22.5 Å². The average molecular weight is 585 g/mol. The Morgan fingerprint density at radius 2 is 1.79 bits per heavy atom. The van der Waals surface area contributed by atoms with Crippen LogP contribution in [-0.4, -0.2) is 64.0 Å². The molecule has 0 amide bonds. The Labute approximate surface area is 240 Å². The number of hydrogen-bond acceptors (Lipinski definition) is 9. The number of hydrogen-bond donors (Lipinski definition) is 1. The van der Waals surface area contributed by atoms with E-state index in [2.05, 4.69) is 47.4 Å². The largest absolute Gasteiger partial charge is 0.325 e. The summed E-state index contributed by atoms with van der Waals surface area (Å²) in [7, 11) is -3.48. The van der Waals surface area contributed by atoms with Gasteiger partial charge in [-0.3, -0.25) is 9.36 Å². The molecular formula is C28H25FN10O2S. The summed E-state index contributed by atoms with van der Waals surface area (Å²) in [6.45, 7) is -0.316. The van der Waals surface area contributed by atoms with Gasteiger partial charge in [0, 0.05) is 35.9 Å². The van der Waals surface area contributed by atoms with Crippen molar-refractivity contribution < 1.29 is 12.8 Å². The molecule has 0 bridgehead atoms. The molecule has 2 saturated carbocycles. The summed E-state index contributed by atoms with van der Waals surface area (Å²) in [6.07, 6.45) is 16.8. The van der Waals surface area contributed by atoms with Crippen LogP contribution in [-0.2, 0) is 16.6 Å². The number of aryl methyl sites for hydroxylation is 1. The number of alkyl halides is 1. The fourth-order valence-corrected chi connectivity index (χ4v) is 5.91. The van der Waals surface area contributed by atoms with E-state index in [1.54, 1.807) is 30.9 Å². The van der Waals surface area contributed by atoms with Crippen LogP contribution < -0.4 is 5.32 Å². The summed E-state index contributed by atoms with van der Waals surface area (Å²) < 4.78 is 42.2. The molecule has 0 spiro atoms. The van der Waals surface area contributed by atoms with Crippen LogP contribution >= 0.6 is 0 Å². The number of rotatable bonds is 9. The first-order chi connectivity index (χ1) is 20.5. The van der Waals surface area contributed by atoms with Crippen LogP contribution in [0.15, 0.2) is 61.7 Å². The third-order valence-corrected chi connectivity index (χ3v) is 9.00. The zero-order chi connectivity index (χ0) is 28.7. The van der Waals surface area contributed by atoms with Crippen LogP contribution in [0.4, 0.5) is 16.0 Å². The van der Waals surface area contributed by atoms with E-state index in [4.69, 9.17) is 0 Å². The van der Waals surface area contributed by atoms with Crippen molar-refractivity contribution in [2.75, 3.05) is 12.0 Å². The van der Waals surface area contributed by atoms with Crippen LogP contribution in [0.5, 0.6) is 0 Å². The second-order valence-corrected chi connectivity index (χ2v) is 12.3. The van der Waals surface area contributed by atoms with E-state index in [9.17, 15) is 12.8 Å². The molecule has 0 radical (unpaired) electrons. The fraction of sp³-hybridized carbons (Fsp3) is 0.286. The van der Waals surface area contributed by atoms with Gasteiger partial charge in [0.1, 0.15) is 18.3 Å². The van der Waals surface area contributed by atoms with E-state index < -0.39 is 16.7 Å². The third kappa shape index (κ3) is 5.38. The van der Waals surface area contributed by atoms with E-state index in [-0.39, 0.29) is 11.8 Å². The fourth-order valence-electron chi connectivity index (χ4n) is 4.43. The summed E-state index contributed by atoms with van der Waals surface area (Å²) in [5, 5.41) is 15.5. The highest BCUT2D eigenvalue weighted by Crippen LogP contribution is 2.36. The molecular weight excluding hydrogens is 559 g/mol. The van der Waals surface area contributed by atoms with Gasteiger partial charge in [-0.1, -0.05) is 11.8 Å². The predicted molar refractivity (Wildman–Crippen MR) is 152 cm³/mol. The maximum absolute atomic E-state index is 12.7. The molecule has 5 aromatic heterocycles. The van der Waals surface area contributed by atoms with Gasteiger partial charge in [0.25, 0.3) is 10.0 Å². The van der Waals surface area contributed by atoms with Crippen molar-refractivity contribution in [2.24, 2.45) is 0 Å². The number of aromatic nitrogens is 9. The lowest BCUT2D eigenvalue weighted by Gasteiger charge is -2.09. The van der Waals surface area contributed by atoms with Gasteiger partial charge < -0.3 is 5.32 Å². The molecule has 12 nitrogen and oxygen atoms in total. The number of halogens is 1. The Balaban J connectivity index is 1.17. The molecule has 14 heteroatoms. The Morgan fingerprint density at radius 1 is 0.929 bits per heavy atom. The van der Waals surface area contributed by atoms with E-state index in [1.165, 1.54) is 17.1 Å². The molecule has 212 valence electrons. The SMILES string of the molecule is O=S(=O)(C1CC1)n1cc(-c2nccc(Nc3cc(-c4cnn(C5CC5)c4)c(C#Cc4cnn(CCF)c4)cn3)n2)cn1. The van der Waals surface area contributed by atoms with E-state index in [0.29, 0.717) is 53.0 Å². The highest BCUT2D eigenvalue weighted by molar-refractivity contribution is 7.90. The molecule has 0 atom stereocenters. The predicted octanol–water partition coefficient (Wildman–Crippen LogP) is 3.58. The summed E-state index contributed by atoms with van der Waals surface area (Å²) >= 11 is 0. The van der Waals surface area contributed by atoms with Crippen LogP contribution in [0.2, 0.25) is 0 Å². The lowest BCUT2D eigenvalue weighted by molar-refractivity contribution is 0.427. The maximum Gasteiger partial charge on any atom is 0.256 e. The zero-order valence-corrected chi connectivity index (χ0v) is 23.1. The summed E-state index contributed by atoms with van der Waals surface area (Å²) in [4.78, 5) is 13.4. The quantitative estimate of drug-likeness (QED) is 0.258. The molecule has 1 N–H and O–H groups in total. The second kappa shape index (κ2) is 10.5. The number of nitrogens with zero attached hydrogens (tertiary/aromatic N) is 9. The van der Waals surface area contributed by atoms with Crippen LogP contribution in [0.1, 0.15) is 42.9 Å². The van der Waals surface area contributed by atoms with Gasteiger partial charge in [-0.25, -0.2) is 27.8 Å². The van der Waals surface area contributed by atoms with Gasteiger partial charge in [0.15, 0.2) is 5.82 Å². The monoisotopic (exact) mass is 584 g/mol. The first-order valence-electron chi connectivity index (χ1n) is 13.5. The van der Waals surface area contributed by atoms with Gasteiger partial charge in [-0.2, -0.15) is 19.4 Å². The highest BCUT2D eigenvalue weighted by Gasteiger charge is 2.37.